The number of rotatable bonds is 5. The Morgan fingerprint density at radius 2 is 2.00 bits per heavy atom. The number of likely N-dealkylation sites (tertiary alicyclic amines) is 1. The summed E-state index contributed by atoms with van der Waals surface area (Å²) in [6, 6.07) is 5.56. The van der Waals surface area contributed by atoms with Crippen molar-refractivity contribution in [3.8, 4) is 5.75 Å². The largest absolute Gasteiger partial charge is 0.495 e. The molecule has 1 unspecified atom stereocenters. The summed E-state index contributed by atoms with van der Waals surface area (Å²) in [5.41, 5.74) is 7.76. The Morgan fingerprint density at radius 3 is 2.68 bits per heavy atom. The fourth-order valence-corrected chi connectivity index (χ4v) is 4.14. The van der Waals surface area contributed by atoms with E-state index in [4.69, 9.17) is 15.2 Å². The molecule has 4 rings (SSSR count). The van der Waals surface area contributed by atoms with Crippen molar-refractivity contribution in [2.75, 3.05) is 51.4 Å². The first-order valence-corrected chi connectivity index (χ1v) is 10.4. The zero-order valence-electron chi connectivity index (χ0n) is 17.8. The maximum Gasteiger partial charge on any atom is 0.253 e. The zero-order chi connectivity index (χ0) is 22.0. The third-order valence-corrected chi connectivity index (χ3v) is 5.88. The number of methoxy groups -OCH3 is 1. The second kappa shape index (κ2) is 8.89. The van der Waals surface area contributed by atoms with Gasteiger partial charge < -0.3 is 25.0 Å². The number of benzene rings is 1. The van der Waals surface area contributed by atoms with Crippen LogP contribution in [0.2, 0.25) is 0 Å². The third kappa shape index (κ3) is 4.32. The van der Waals surface area contributed by atoms with Gasteiger partial charge in [-0.15, -0.1) is 0 Å². The molecule has 2 fully saturated rings. The summed E-state index contributed by atoms with van der Waals surface area (Å²) in [6.07, 6.45) is 2.25. The van der Waals surface area contributed by atoms with Crippen molar-refractivity contribution in [2.24, 2.45) is 5.73 Å². The van der Waals surface area contributed by atoms with Crippen LogP contribution in [0.5, 0.6) is 5.75 Å². The summed E-state index contributed by atoms with van der Waals surface area (Å²) >= 11 is 0. The van der Waals surface area contributed by atoms with Crippen molar-refractivity contribution in [1.29, 1.82) is 0 Å². The lowest BCUT2D eigenvalue weighted by atomic mass is 10.1. The highest BCUT2D eigenvalue weighted by Gasteiger charge is 2.31. The normalized spacial score (nSPS) is 18.8. The van der Waals surface area contributed by atoms with Gasteiger partial charge in [0.2, 0.25) is 0 Å². The SMILES string of the molecule is COc1ccc(C(=O)N2CCC(c3ncc(C(N)=O)c(C)n3)C2)cc1N1CCOCC1. The molecule has 2 amide bonds. The van der Waals surface area contributed by atoms with Gasteiger partial charge in [0, 0.05) is 43.9 Å². The number of nitrogens with zero attached hydrogens (tertiary/aromatic N) is 4. The van der Waals surface area contributed by atoms with Gasteiger partial charge in [-0.1, -0.05) is 0 Å². The molecule has 1 aromatic carbocycles. The third-order valence-electron chi connectivity index (χ3n) is 5.88. The highest BCUT2D eigenvalue weighted by molar-refractivity contribution is 5.96. The van der Waals surface area contributed by atoms with Crippen LogP contribution < -0.4 is 15.4 Å². The standard InChI is InChI=1S/C22H27N5O4/c1-14-17(20(23)28)12-24-21(25-14)16-5-6-27(13-16)22(29)15-3-4-19(30-2)18(11-15)26-7-9-31-10-8-26/h3-4,11-12,16H,5-10,13H2,1-2H3,(H2,23,28). The first-order valence-electron chi connectivity index (χ1n) is 10.4. The second-order valence-electron chi connectivity index (χ2n) is 7.81. The van der Waals surface area contributed by atoms with Crippen LogP contribution in [0, 0.1) is 6.92 Å². The first kappa shape index (κ1) is 21.0. The average molecular weight is 425 g/mol. The van der Waals surface area contributed by atoms with Crippen LogP contribution in [-0.2, 0) is 4.74 Å². The summed E-state index contributed by atoms with van der Waals surface area (Å²) in [7, 11) is 1.64. The number of carbonyl (C=O) groups is 2. The van der Waals surface area contributed by atoms with Crippen LogP contribution in [0.4, 0.5) is 5.69 Å². The van der Waals surface area contributed by atoms with Crippen molar-refractivity contribution < 1.29 is 19.1 Å². The molecule has 2 aromatic rings. The Hall–Kier alpha value is -3.20. The molecular formula is C22H27N5O4. The predicted molar refractivity (Wildman–Crippen MR) is 115 cm³/mol. The smallest absolute Gasteiger partial charge is 0.253 e. The van der Waals surface area contributed by atoms with E-state index in [1.807, 2.05) is 17.0 Å². The summed E-state index contributed by atoms with van der Waals surface area (Å²) in [6.45, 7) is 5.74. The maximum absolute atomic E-state index is 13.2. The molecule has 2 N–H and O–H groups in total. The van der Waals surface area contributed by atoms with Gasteiger partial charge in [-0.3, -0.25) is 9.59 Å². The predicted octanol–water partition coefficient (Wildman–Crippen LogP) is 1.36. The highest BCUT2D eigenvalue weighted by Crippen LogP contribution is 2.32. The Morgan fingerprint density at radius 1 is 1.23 bits per heavy atom. The molecule has 2 saturated heterocycles. The minimum atomic E-state index is -0.539. The van der Waals surface area contributed by atoms with Gasteiger partial charge in [-0.05, 0) is 31.5 Å². The van der Waals surface area contributed by atoms with Gasteiger partial charge in [-0.2, -0.15) is 0 Å². The minimum absolute atomic E-state index is 0.0230. The van der Waals surface area contributed by atoms with E-state index in [9.17, 15) is 9.59 Å². The van der Waals surface area contributed by atoms with Gasteiger partial charge >= 0.3 is 0 Å². The van der Waals surface area contributed by atoms with E-state index in [0.717, 1.165) is 30.9 Å². The number of hydrogen-bond acceptors (Lipinski definition) is 7. The number of hydrogen-bond donors (Lipinski definition) is 1. The van der Waals surface area contributed by atoms with Crippen LogP contribution in [0.25, 0.3) is 0 Å². The molecule has 2 aliphatic heterocycles. The summed E-state index contributed by atoms with van der Waals surface area (Å²) in [5.74, 6) is 0.854. The molecule has 1 aromatic heterocycles. The Labute approximate surface area is 181 Å². The average Bonchev–Trinajstić information content (AvgIpc) is 3.29. The number of aromatic nitrogens is 2. The van der Waals surface area contributed by atoms with Gasteiger partial charge in [0.05, 0.1) is 37.3 Å². The number of anilines is 1. The minimum Gasteiger partial charge on any atom is -0.495 e. The lowest BCUT2D eigenvalue weighted by Crippen LogP contribution is -2.36. The van der Waals surface area contributed by atoms with Crippen molar-refractivity contribution in [3.63, 3.8) is 0 Å². The van der Waals surface area contributed by atoms with E-state index < -0.39 is 5.91 Å². The number of primary amides is 1. The number of amides is 2. The zero-order valence-corrected chi connectivity index (χ0v) is 17.8. The van der Waals surface area contributed by atoms with Crippen molar-refractivity contribution in [3.05, 3.63) is 47.0 Å². The van der Waals surface area contributed by atoms with E-state index in [1.54, 1.807) is 20.1 Å². The monoisotopic (exact) mass is 425 g/mol. The van der Waals surface area contributed by atoms with Crippen molar-refractivity contribution in [2.45, 2.75) is 19.3 Å². The summed E-state index contributed by atoms with van der Waals surface area (Å²) < 4.78 is 11.0. The van der Waals surface area contributed by atoms with Gasteiger partial charge in [-0.25, -0.2) is 9.97 Å². The van der Waals surface area contributed by atoms with Gasteiger partial charge in [0.25, 0.3) is 11.8 Å². The Bertz CT molecular complexity index is 990. The summed E-state index contributed by atoms with van der Waals surface area (Å²) in [5, 5.41) is 0. The molecule has 3 heterocycles. The molecule has 0 radical (unpaired) electrons. The fourth-order valence-electron chi connectivity index (χ4n) is 4.14. The van der Waals surface area contributed by atoms with E-state index in [2.05, 4.69) is 14.9 Å². The molecule has 0 aliphatic carbocycles. The fraction of sp³-hybridized carbons (Fsp3) is 0.455. The molecule has 0 bridgehead atoms. The number of aryl methyl sites for hydroxylation is 1. The lowest BCUT2D eigenvalue weighted by molar-refractivity contribution is 0.0790. The number of nitrogens with two attached hydrogens (primary N) is 1. The van der Waals surface area contributed by atoms with E-state index in [0.29, 0.717) is 48.9 Å². The number of carbonyl (C=O) groups excluding carboxylic acids is 2. The lowest BCUT2D eigenvalue weighted by Gasteiger charge is -2.30. The van der Waals surface area contributed by atoms with Gasteiger partial charge in [0.1, 0.15) is 11.6 Å². The molecule has 0 saturated carbocycles. The van der Waals surface area contributed by atoms with Crippen molar-refractivity contribution in [1.82, 2.24) is 14.9 Å². The Kier molecular flexibility index (Phi) is 6.03. The summed E-state index contributed by atoms with van der Waals surface area (Å²) in [4.78, 5) is 37.4. The molecule has 31 heavy (non-hydrogen) atoms. The molecule has 164 valence electrons. The van der Waals surface area contributed by atoms with E-state index >= 15 is 0 Å². The maximum atomic E-state index is 13.2. The molecule has 1 atom stereocenters. The molecule has 0 spiro atoms. The number of morpholine rings is 1. The highest BCUT2D eigenvalue weighted by atomic mass is 16.5. The second-order valence-corrected chi connectivity index (χ2v) is 7.81. The van der Waals surface area contributed by atoms with E-state index in [-0.39, 0.29) is 11.8 Å². The Balaban J connectivity index is 1.50. The van der Waals surface area contributed by atoms with Crippen LogP contribution >= 0.6 is 0 Å². The van der Waals surface area contributed by atoms with Crippen LogP contribution in [-0.4, -0.2) is 73.2 Å². The van der Waals surface area contributed by atoms with Crippen LogP contribution in [0.15, 0.2) is 24.4 Å². The van der Waals surface area contributed by atoms with Crippen LogP contribution in [0.1, 0.15) is 44.6 Å². The molecule has 9 heteroatoms. The molecular weight excluding hydrogens is 398 g/mol. The topological polar surface area (TPSA) is 111 Å². The van der Waals surface area contributed by atoms with E-state index in [1.165, 1.54) is 6.20 Å². The first-order chi connectivity index (χ1) is 15.0. The van der Waals surface area contributed by atoms with Gasteiger partial charge in [0.15, 0.2) is 0 Å². The molecule has 9 nitrogen and oxygen atoms in total. The van der Waals surface area contributed by atoms with Crippen LogP contribution in [0.3, 0.4) is 0 Å². The quantitative estimate of drug-likeness (QED) is 0.770. The van der Waals surface area contributed by atoms with Crippen molar-refractivity contribution >= 4 is 17.5 Å². The molecule has 2 aliphatic rings. The number of ether oxygens (including phenoxy) is 2.